The molecule has 2 N–H and O–H groups in total. The van der Waals surface area contributed by atoms with Crippen molar-refractivity contribution in [2.75, 3.05) is 6.98 Å². The highest BCUT2D eigenvalue weighted by Gasteiger charge is 2.46. The number of fused-ring (bicyclic) bond motifs is 5. The van der Waals surface area contributed by atoms with Crippen LogP contribution in [0.2, 0.25) is 0 Å². The van der Waals surface area contributed by atoms with E-state index in [0.717, 1.165) is 0 Å². The van der Waals surface area contributed by atoms with Crippen LogP contribution < -0.4 is 5.56 Å². The highest BCUT2D eigenvalue weighted by Crippen LogP contribution is 2.47. The number of rotatable bonds is 3. The van der Waals surface area contributed by atoms with Gasteiger partial charge in [0.1, 0.15) is 18.5 Å². The van der Waals surface area contributed by atoms with E-state index >= 15 is 4.39 Å². The smallest absolute Gasteiger partial charge is 0.343 e. The molecule has 2 aromatic heterocycles. The Bertz CT molecular complexity index is 1750. The standard InChI is InChI=1S/C28H28FN3O6/c1-5-28(37)17-8-21-24-15(10-32(21)26(35)16(17)11-38-27(28)36)23-20(31(4)25(34)13(3)33)7-6-14-12(2)18(29)9-19(30-24)22(14)23/h8-9,13,20,33,37H,5-7,10-11H2,1-4H3/t13?,20-,28+/m1/s1/i4D3. The molecule has 1 amide bonds. The number of benzene rings is 1. The van der Waals surface area contributed by atoms with Gasteiger partial charge in [-0.1, -0.05) is 6.92 Å². The fraction of sp³-hybridized carbons (Fsp3) is 0.429. The number of aliphatic hydroxyl groups excluding tert-OH is 1. The van der Waals surface area contributed by atoms with E-state index < -0.39 is 48.0 Å². The maximum atomic E-state index is 15.1. The average molecular weight is 525 g/mol. The van der Waals surface area contributed by atoms with Gasteiger partial charge in [0.25, 0.3) is 11.5 Å². The lowest BCUT2D eigenvalue weighted by Crippen LogP contribution is -2.44. The Hall–Kier alpha value is -3.63. The molecule has 198 valence electrons. The van der Waals surface area contributed by atoms with E-state index in [1.54, 1.807) is 13.8 Å². The van der Waals surface area contributed by atoms with Crippen LogP contribution in [0.25, 0.3) is 22.3 Å². The summed E-state index contributed by atoms with van der Waals surface area (Å²) in [4.78, 5) is 44.8. The van der Waals surface area contributed by atoms with Gasteiger partial charge < -0.3 is 24.4 Å². The van der Waals surface area contributed by atoms with E-state index in [-0.39, 0.29) is 60.4 Å². The predicted octanol–water partition coefficient (Wildman–Crippen LogP) is 2.35. The molecule has 3 atom stereocenters. The lowest BCUT2D eigenvalue weighted by molar-refractivity contribution is -0.172. The summed E-state index contributed by atoms with van der Waals surface area (Å²) in [5.74, 6) is -2.35. The van der Waals surface area contributed by atoms with Crippen molar-refractivity contribution in [2.24, 2.45) is 0 Å². The van der Waals surface area contributed by atoms with Crippen LogP contribution in [0.3, 0.4) is 0 Å². The molecule has 0 fully saturated rings. The number of cyclic esters (lactones) is 1. The zero-order valence-electron chi connectivity index (χ0n) is 24.1. The lowest BCUT2D eigenvalue weighted by Gasteiger charge is -2.35. The molecule has 0 bridgehead atoms. The van der Waals surface area contributed by atoms with Gasteiger partial charge in [0.2, 0.25) is 0 Å². The number of carbonyl (C=O) groups is 2. The van der Waals surface area contributed by atoms with E-state index in [0.29, 0.717) is 32.5 Å². The Kier molecular flexibility index (Phi) is 4.59. The van der Waals surface area contributed by atoms with Crippen molar-refractivity contribution in [1.29, 1.82) is 0 Å². The molecule has 6 rings (SSSR count). The summed E-state index contributed by atoms with van der Waals surface area (Å²) in [6.45, 7) is 1.15. The summed E-state index contributed by atoms with van der Waals surface area (Å²) in [5.41, 5.74) is 0.371. The quantitative estimate of drug-likeness (QED) is 0.395. The first-order valence-corrected chi connectivity index (χ1v) is 12.5. The summed E-state index contributed by atoms with van der Waals surface area (Å²) in [6.07, 6.45) is -1.23. The van der Waals surface area contributed by atoms with E-state index in [1.807, 2.05) is 0 Å². The molecule has 2 aliphatic heterocycles. The molecule has 3 aliphatic rings. The second-order valence-electron chi connectivity index (χ2n) is 10.3. The van der Waals surface area contributed by atoms with Crippen LogP contribution in [-0.2, 0) is 39.5 Å². The van der Waals surface area contributed by atoms with Crippen LogP contribution in [0, 0.1) is 12.7 Å². The Labute approximate surface area is 221 Å². The van der Waals surface area contributed by atoms with E-state index in [1.165, 1.54) is 23.6 Å². The van der Waals surface area contributed by atoms with Crippen LogP contribution in [0.1, 0.15) is 70.2 Å². The van der Waals surface area contributed by atoms with Gasteiger partial charge in [0.15, 0.2) is 5.60 Å². The summed E-state index contributed by atoms with van der Waals surface area (Å²) < 4.78 is 46.2. The molecular formula is C28H28FN3O6. The Balaban J connectivity index is 1.69. The van der Waals surface area contributed by atoms with Crippen LogP contribution in [-0.4, -0.2) is 49.6 Å². The van der Waals surface area contributed by atoms with Crippen LogP contribution in [0.15, 0.2) is 16.9 Å². The number of aromatic nitrogens is 2. The van der Waals surface area contributed by atoms with Gasteiger partial charge in [-0.25, -0.2) is 14.2 Å². The topological polar surface area (TPSA) is 122 Å². The van der Waals surface area contributed by atoms with Crippen molar-refractivity contribution in [3.05, 3.63) is 61.7 Å². The number of nitrogens with zero attached hydrogens (tertiary/aromatic N) is 3. The highest BCUT2D eigenvalue weighted by molar-refractivity contribution is 5.94. The van der Waals surface area contributed by atoms with Crippen molar-refractivity contribution >= 4 is 22.8 Å². The minimum atomic E-state index is -2.91. The van der Waals surface area contributed by atoms with E-state index in [4.69, 9.17) is 13.8 Å². The van der Waals surface area contributed by atoms with Crippen molar-refractivity contribution in [2.45, 2.75) is 70.9 Å². The van der Waals surface area contributed by atoms with Crippen molar-refractivity contribution in [3.63, 3.8) is 0 Å². The van der Waals surface area contributed by atoms with Crippen molar-refractivity contribution in [3.8, 4) is 11.4 Å². The Morgan fingerprint density at radius 1 is 1.37 bits per heavy atom. The molecular weight excluding hydrogens is 493 g/mol. The number of likely N-dealkylation sites (N-methyl/N-ethyl adjacent to an activating group) is 1. The van der Waals surface area contributed by atoms with E-state index in [2.05, 4.69) is 0 Å². The average Bonchev–Trinajstić information content (AvgIpc) is 3.28. The van der Waals surface area contributed by atoms with Gasteiger partial charge in [0, 0.05) is 33.7 Å². The number of halogens is 1. The molecule has 4 heterocycles. The molecule has 0 spiro atoms. The second kappa shape index (κ2) is 8.18. The number of esters is 1. The largest absolute Gasteiger partial charge is 0.458 e. The van der Waals surface area contributed by atoms with Gasteiger partial charge in [-0.2, -0.15) is 0 Å². The third kappa shape index (κ3) is 3.10. The SMILES string of the molecule is [2H]C([2H])([2H])N(C(=O)C(C)O)[C@@H]1CCc2c(C)c(F)cc3nc4c(c1c23)Cn1c-4cc2c(c1=O)COC(=O)[C@]2(O)CC. The number of amides is 1. The number of aryl methyl sites for hydroxylation is 1. The molecule has 1 unspecified atom stereocenters. The lowest BCUT2D eigenvalue weighted by atomic mass is 9.81. The van der Waals surface area contributed by atoms with Crippen LogP contribution in [0.4, 0.5) is 4.39 Å². The fourth-order valence-electron chi connectivity index (χ4n) is 6.14. The third-order valence-corrected chi connectivity index (χ3v) is 8.25. The molecule has 38 heavy (non-hydrogen) atoms. The molecule has 9 nitrogen and oxygen atoms in total. The van der Waals surface area contributed by atoms with Crippen molar-refractivity contribution in [1.82, 2.24) is 14.5 Å². The van der Waals surface area contributed by atoms with Gasteiger partial charge in [0.05, 0.1) is 35.1 Å². The number of pyridine rings is 2. The first-order chi connectivity index (χ1) is 19.2. The normalized spacial score (nSPS) is 23.5. The van der Waals surface area contributed by atoms with Crippen molar-refractivity contribution < 1.29 is 33.0 Å². The van der Waals surface area contributed by atoms with Gasteiger partial charge in [-0.15, -0.1) is 0 Å². The first kappa shape index (κ1) is 21.3. The summed E-state index contributed by atoms with van der Waals surface area (Å²) in [7, 11) is 0. The first-order valence-electron chi connectivity index (χ1n) is 14.0. The van der Waals surface area contributed by atoms with Gasteiger partial charge >= 0.3 is 5.97 Å². The summed E-state index contributed by atoms with van der Waals surface area (Å²) in [6, 6.07) is 1.73. The number of hydrogen-bond acceptors (Lipinski definition) is 7. The van der Waals surface area contributed by atoms with Crippen LogP contribution >= 0.6 is 0 Å². The molecule has 1 aliphatic carbocycles. The summed E-state index contributed by atoms with van der Waals surface area (Å²) in [5, 5.41) is 21.8. The Morgan fingerprint density at radius 3 is 2.82 bits per heavy atom. The maximum Gasteiger partial charge on any atom is 0.343 e. The molecule has 0 radical (unpaired) electrons. The van der Waals surface area contributed by atoms with Gasteiger partial charge in [-0.3, -0.25) is 9.59 Å². The minimum absolute atomic E-state index is 0.0301. The molecule has 1 aromatic carbocycles. The van der Waals surface area contributed by atoms with Gasteiger partial charge in [-0.05, 0) is 55.9 Å². The highest BCUT2D eigenvalue weighted by atomic mass is 19.1. The number of hydrogen-bond donors (Lipinski definition) is 2. The zero-order chi connectivity index (χ0) is 29.8. The van der Waals surface area contributed by atoms with E-state index in [9.17, 15) is 24.6 Å². The monoisotopic (exact) mass is 524 g/mol. The van der Waals surface area contributed by atoms with Crippen LogP contribution in [0.5, 0.6) is 0 Å². The minimum Gasteiger partial charge on any atom is -0.458 e. The summed E-state index contributed by atoms with van der Waals surface area (Å²) >= 11 is 0. The molecule has 0 saturated carbocycles. The third-order valence-electron chi connectivity index (χ3n) is 8.25. The fourth-order valence-corrected chi connectivity index (χ4v) is 6.14. The molecule has 0 saturated heterocycles. The second-order valence-corrected chi connectivity index (χ2v) is 10.3. The maximum absolute atomic E-state index is 15.1. The number of aliphatic hydroxyl groups is 2. The molecule has 3 aromatic rings. The molecule has 10 heteroatoms. The predicted molar refractivity (Wildman–Crippen MR) is 135 cm³/mol. The number of carbonyl (C=O) groups excluding carboxylic acids is 2. The number of ether oxygens (including phenoxy) is 1. The zero-order valence-corrected chi connectivity index (χ0v) is 21.1. The Morgan fingerprint density at radius 2 is 2.13 bits per heavy atom.